The highest BCUT2D eigenvalue weighted by Crippen LogP contribution is 2.27. The van der Waals surface area contributed by atoms with E-state index in [4.69, 9.17) is 0 Å². The average Bonchev–Trinajstić information content (AvgIpc) is 2.77. The first-order valence-electron chi connectivity index (χ1n) is 9.99. The summed E-state index contributed by atoms with van der Waals surface area (Å²) >= 11 is 0. The number of carboxylic acids is 1. The number of likely N-dealkylation sites (tertiary alicyclic amines) is 1. The van der Waals surface area contributed by atoms with Crippen molar-refractivity contribution < 1.29 is 23.2 Å². The quantitative estimate of drug-likeness (QED) is 0.419. The second-order valence-electron chi connectivity index (χ2n) is 7.48. The Bertz CT molecular complexity index is 1020. The van der Waals surface area contributed by atoms with Gasteiger partial charge >= 0.3 is 0 Å². The molecule has 166 valence electrons. The van der Waals surface area contributed by atoms with Crippen LogP contribution in [0.1, 0.15) is 18.4 Å². The Hall–Kier alpha value is -2.82. The Labute approximate surface area is 181 Å². The second kappa shape index (κ2) is 9.99. The monoisotopic (exact) mass is 446 g/mol. The van der Waals surface area contributed by atoms with E-state index in [1.807, 2.05) is 11.0 Å². The molecular formula is C21H24N3O6S-. The number of nitro benzene ring substituents is 1. The Kier molecular flexibility index (Phi) is 7.37. The van der Waals surface area contributed by atoms with Gasteiger partial charge in [-0.1, -0.05) is 42.5 Å². The van der Waals surface area contributed by atoms with Gasteiger partial charge in [-0.3, -0.25) is 10.1 Å². The summed E-state index contributed by atoms with van der Waals surface area (Å²) in [4.78, 5) is 23.4. The van der Waals surface area contributed by atoms with Crippen LogP contribution in [0.2, 0.25) is 0 Å². The molecule has 1 fully saturated rings. The number of piperidine rings is 1. The maximum absolute atomic E-state index is 13.4. The Balaban J connectivity index is 1.82. The van der Waals surface area contributed by atoms with E-state index in [1.165, 1.54) is 28.6 Å². The standard InChI is InChI=1S/C21H25N3O6S/c25-21(26)18-10-12-22(13-11-18)14-15-23(16-17-6-2-1-3-7-17)31(29,30)20-9-5-4-8-19(20)24(27)28/h1-9,18H,10-16H2,(H,25,26)/p-1. The lowest BCUT2D eigenvalue weighted by atomic mass is 9.97. The first-order valence-corrected chi connectivity index (χ1v) is 11.4. The molecule has 0 amide bonds. The fourth-order valence-electron chi connectivity index (χ4n) is 3.68. The lowest BCUT2D eigenvalue weighted by Crippen LogP contribution is -2.44. The Morgan fingerprint density at radius 1 is 1.06 bits per heavy atom. The zero-order valence-electron chi connectivity index (χ0n) is 16.9. The van der Waals surface area contributed by atoms with E-state index in [0.29, 0.717) is 32.5 Å². The van der Waals surface area contributed by atoms with E-state index in [-0.39, 0.29) is 18.0 Å². The van der Waals surface area contributed by atoms with Crippen molar-refractivity contribution in [3.05, 3.63) is 70.3 Å². The molecule has 1 aliphatic rings. The number of sulfonamides is 1. The van der Waals surface area contributed by atoms with Gasteiger partial charge < -0.3 is 14.8 Å². The van der Waals surface area contributed by atoms with Crippen LogP contribution in [0.5, 0.6) is 0 Å². The molecule has 0 aromatic heterocycles. The van der Waals surface area contributed by atoms with E-state index in [9.17, 15) is 28.4 Å². The van der Waals surface area contributed by atoms with Gasteiger partial charge in [0.15, 0.2) is 4.90 Å². The zero-order chi connectivity index (χ0) is 22.4. The topological polar surface area (TPSA) is 124 Å². The van der Waals surface area contributed by atoms with Crippen molar-refractivity contribution in [2.24, 2.45) is 5.92 Å². The lowest BCUT2D eigenvalue weighted by molar-refractivity contribution is -0.387. The molecule has 0 N–H and O–H groups in total. The van der Waals surface area contributed by atoms with Crippen molar-refractivity contribution in [1.29, 1.82) is 0 Å². The molecule has 0 unspecified atom stereocenters. The van der Waals surface area contributed by atoms with Gasteiger partial charge in [-0.25, -0.2) is 8.42 Å². The average molecular weight is 447 g/mol. The first-order chi connectivity index (χ1) is 14.8. The van der Waals surface area contributed by atoms with Gasteiger partial charge in [-0.05, 0) is 37.6 Å². The van der Waals surface area contributed by atoms with Gasteiger partial charge in [0.05, 0.1) is 4.92 Å². The molecule has 1 saturated heterocycles. The highest BCUT2D eigenvalue weighted by atomic mass is 32.2. The van der Waals surface area contributed by atoms with Crippen molar-refractivity contribution in [2.45, 2.75) is 24.3 Å². The smallest absolute Gasteiger partial charge is 0.289 e. The van der Waals surface area contributed by atoms with Crippen molar-refractivity contribution in [1.82, 2.24) is 9.21 Å². The molecule has 2 aromatic rings. The maximum atomic E-state index is 13.4. The summed E-state index contributed by atoms with van der Waals surface area (Å²) in [5.74, 6) is -1.53. The molecule has 1 heterocycles. The lowest BCUT2D eigenvalue weighted by Gasteiger charge is -2.33. The number of rotatable bonds is 9. The number of nitrogens with zero attached hydrogens (tertiary/aromatic N) is 3. The fraction of sp³-hybridized carbons (Fsp3) is 0.381. The number of benzene rings is 2. The van der Waals surface area contributed by atoms with Gasteiger partial charge in [0.1, 0.15) is 0 Å². The van der Waals surface area contributed by atoms with Crippen LogP contribution >= 0.6 is 0 Å². The zero-order valence-corrected chi connectivity index (χ0v) is 17.7. The van der Waals surface area contributed by atoms with Crippen LogP contribution in [-0.2, 0) is 21.4 Å². The Morgan fingerprint density at radius 3 is 2.29 bits per heavy atom. The second-order valence-corrected chi connectivity index (χ2v) is 9.39. The number of hydrogen-bond donors (Lipinski definition) is 0. The molecule has 0 saturated carbocycles. The largest absolute Gasteiger partial charge is 0.550 e. The van der Waals surface area contributed by atoms with Gasteiger partial charge in [-0.2, -0.15) is 4.31 Å². The van der Waals surface area contributed by atoms with E-state index in [0.717, 1.165) is 5.56 Å². The molecule has 0 bridgehead atoms. The van der Waals surface area contributed by atoms with Crippen LogP contribution in [0.15, 0.2) is 59.5 Å². The third-order valence-corrected chi connectivity index (χ3v) is 7.36. The predicted octanol–water partition coefficient (Wildman–Crippen LogP) is 1.25. The van der Waals surface area contributed by atoms with Crippen LogP contribution in [0, 0.1) is 16.0 Å². The molecule has 9 nitrogen and oxygen atoms in total. The maximum Gasteiger partial charge on any atom is 0.289 e. The summed E-state index contributed by atoms with van der Waals surface area (Å²) in [6.45, 7) is 1.66. The summed E-state index contributed by atoms with van der Waals surface area (Å²) in [6.07, 6.45) is 0.913. The van der Waals surface area contributed by atoms with Gasteiger partial charge in [0, 0.05) is 37.6 Å². The third-order valence-electron chi connectivity index (χ3n) is 5.47. The minimum atomic E-state index is -4.14. The molecule has 0 aliphatic carbocycles. The van der Waals surface area contributed by atoms with Crippen molar-refractivity contribution in [3.63, 3.8) is 0 Å². The van der Waals surface area contributed by atoms with Gasteiger partial charge in [0.25, 0.3) is 5.69 Å². The van der Waals surface area contributed by atoms with Crippen LogP contribution in [0.25, 0.3) is 0 Å². The fourth-order valence-corrected chi connectivity index (χ4v) is 5.26. The normalized spacial score (nSPS) is 15.8. The number of carboxylic acid groups (broad SMARTS) is 1. The first kappa shape index (κ1) is 22.9. The minimum absolute atomic E-state index is 0.0741. The van der Waals surface area contributed by atoms with Crippen molar-refractivity contribution in [3.8, 4) is 0 Å². The van der Waals surface area contributed by atoms with E-state index in [2.05, 4.69) is 0 Å². The van der Waals surface area contributed by atoms with Gasteiger partial charge in [0.2, 0.25) is 10.0 Å². The summed E-state index contributed by atoms with van der Waals surface area (Å²) in [5.41, 5.74) is 0.302. The highest BCUT2D eigenvalue weighted by Gasteiger charge is 2.32. The third kappa shape index (κ3) is 5.66. The van der Waals surface area contributed by atoms with Crippen molar-refractivity contribution >= 4 is 21.7 Å². The number of carbonyl (C=O) groups excluding carboxylic acids is 1. The summed E-state index contributed by atoms with van der Waals surface area (Å²) in [7, 11) is -4.14. The summed E-state index contributed by atoms with van der Waals surface area (Å²) in [6, 6.07) is 14.3. The number of aliphatic carboxylic acids is 1. The van der Waals surface area contributed by atoms with Crippen LogP contribution in [0.3, 0.4) is 0 Å². The molecule has 31 heavy (non-hydrogen) atoms. The molecule has 10 heteroatoms. The molecular weight excluding hydrogens is 422 g/mol. The van der Waals surface area contributed by atoms with E-state index >= 15 is 0 Å². The van der Waals surface area contributed by atoms with Crippen LogP contribution in [0.4, 0.5) is 5.69 Å². The highest BCUT2D eigenvalue weighted by molar-refractivity contribution is 7.89. The number of nitro groups is 1. The summed E-state index contributed by atoms with van der Waals surface area (Å²) < 4.78 is 28.0. The molecule has 1 aliphatic heterocycles. The predicted molar refractivity (Wildman–Crippen MR) is 111 cm³/mol. The van der Waals surface area contributed by atoms with E-state index < -0.39 is 32.5 Å². The molecule has 3 rings (SSSR count). The van der Waals surface area contributed by atoms with E-state index in [1.54, 1.807) is 24.3 Å². The van der Waals surface area contributed by atoms with Crippen molar-refractivity contribution in [2.75, 3.05) is 26.2 Å². The number of carbonyl (C=O) groups is 1. The Morgan fingerprint density at radius 2 is 1.68 bits per heavy atom. The number of hydrogen-bond acceptors (Lipinski definition) is 7. The number of para-hydroxylation sites is 1. The van der Waals surface area contributed by atoms with Crippen LogP contribution in [-0.4, -0.2) is 54.7 Å². The minimum Gasteiger partial charge on any atom is -0.550 e. The van der Waals surface area contributed by atoms with Crippen LogP contribution < -0.4 is 5.11 Å². The van der Waals surface area contributed by atoms with Gasteiger partial charge in [-0.15, -0.1) is 0 Å². The molecule has 0 atom stereocenters. The molecule has 2 aromatic carbocycles. The SMILES string of the molecule is O=C([O-])C1CCN(CCN(Cc2ccccc2)S(=O)(=O)c2ccccc2[N+](=O)[O-])CC1. The molecule has 0 radical (unpaired) electrons. The summed E-state index contributed by atoms with van der Waals surface area (Å²) in [5, 5.41) is 22.4. The molecule has 0 spiro atoms.